The van der Waals surface area contributed by atoms with E-state index in [2.05, 4.69) is 11.4 Å². The Bertz CT molecular complexity index is 1030. The third-order valence-corrected chi connectivity index (χ3v) is 7.68. The van der Waals surface area contributed by atoms with E-state index in [1.54, 1.807) is 6.07 Å². The van der Waals surface area contributed by atoms with Gasteiger partial charge in [0.25, 0.3) is 0 Å². The van der Waals surface area contributed by atoms with E-state index in [1.807, 2.05) is 39.0 Å². The molecule has 0 radical (unpaired) electrons. The van der Waals surface area contributed by atoms with E-state index in [9.17, 15) is 13.2 Å². The fourth-order valence-corrected chi connectivity index (χ4v) is 5.52. The highest BCUT2D eigenvalue weighted by molar-refractivity contribution is 7.99. The minimum absolute atomic E-state index is 0.122. The number of sulfonamides is 1. The Balaban J connectivity index is 1.72. The molecule has 0 aliphatic carbocycles. The van der Waals surface area contributed by atoms with Gasteiger partial charge in [0.1, 0.15) is 5.75 Å². The lowest BCUT2D eigenvalue weighted by molar-refractivity contribution is -0.113. The molecule has 1 heterocycles. The van der Waals surface area contributed by atoms with E-state index < -0.39 is 10.0 Å². The first-order chi connectivity index (χ1) is 15.3. The van der Waals surface area contributed by atoms with Gasteiger partial charge in [-0.1, -0.05) is 29.8 Å². The molecule has 32 heavy (non-hydrogen) atoms. The molecule has 0 bridgehead atoms. The standard InChI is InChI=1S/C23H30N2O5S2/c1-17(2)30-22-8-7-20(32(27,28)25-9-11-29-12-10-25)14-21(22)24-23(26)16-31-15-19-6-4-5-18(3)13-19/h4-8,13-14,17H,9-12,15-16H2,1-3H3,(H,24,26). The lowest BCUT2D eigenvalue weighted by Gasteiger charge is -2.26. The molecule has 0 unspecified atom stereocenters. The van der Waals surface area contributed by atoms with Gasteiger partial charge in [-0.05, 0) is 44.5 Å². The van der Waals surface area contributed by atoms with Gasteiger partial charge >= 0.3 is 0 Å². The predicted octanol–water partition coefficient (Wildman–Crippen LogP) is 3.68. The predicted molar refractivity (Wildman–Crippen MR) is 128 cm³/mol. The molecule has 1 aliphatic heterocycles. The van der Waals surface area contributed by atoms with Gasteiger partial charge in [0.2, 0.25) is 15.9 Å². The zero-order valence-corrected chi connectivity index (χ0v) is 20.3. The molecular weight excluding hydrogens is 448 g/mol. The van der Waals surface area contributed by atoms with Crippen molar-refractivity contribution < 1.29 is 22.7 Å². The van der Waals surface area contributed by atoms with E-state index in [0.29, 0.717) is 37.7 Å². The van der Waals surface area contributed by atoms with Crippen LogP contribution >= 0.6 is 11.8 Å². The van der Waals surface area contributed by atoms with Gasteiger partial charge < -0.3 is 14.8 Å². The van der Waals surface area contributed by atoms with Crippen molar-refractivity contribution in [1.82, 2.24) is 4.31 Å². The second-order valence-corrected chi connectivity index (χ2v) is 10.8. The summed E-state index contributed by atoms with van der Waals surface area (Å²) in [6.07, 6.45) is -0.122. The summed E-state index contributed by atoms with van der Waals surface area (Å²) in [6.45, 7) is 7.15. The smallest absolute Gasteiger partial charge is 0.243 e. The van der Waals surface area contributed by atoms with E-state index in [4.69, 9.17) is 9.47 Å². The highest BCUT2D eigenvalue weighted by Gasteiger charge is 2.27. The minimum Gasteiger partial charge on any atom is -0.489 e. The zero-order chi connectivity index (χ0) is 23.1. The fraction of sp³-hybridized carbons (Fsp3) is 0.435. The number of nitrogens with zero attached hydrogens (tertiary/aromatic N) is 1. The number of thioether (sulfide) groups is 1. The lowest BCUT2D eigenvalue weighted by atomic mass is 10.2. The maximum absolute atomic E-state index is 13.0. The summed E-state index contributed by atoms with van der Waals surface area (Å²) in [4.78, 5) is 12.7. The molecule has 0 aromatic heterocycles. The highest BCUT2D eigenvalue weighted by Crippen LogP contribution is 2.30. The van der Waals surface area contributed by atoms with Crippen molar-refractivity contribution in [2.75, 3.05) is 37.4 Å². The van der Waals surface area contributed by atoms with Crippen molar-refractivity contribution in [1.29, 1.82) is 0 Å². The maximum Gasteiger partial charge on any atom is 0.243 e. The van der Waals surface area contributed by atoms with Crippen LogP contribution in [0.15, 0.2) is 47.4 Å². The molecule has 3 rings (SSSR count). The second-order valence-electron chi connectivity index (χ2n) is 7.87. The second kappa shape index (κ2) is 11.2. The SMILES string of the molecule is Cc1cccc(CSCC(=O)Nc2cc(S(=O)(=O)N3CCOCC3)ccc2OC(C)C)c1. The van der Waals surface area contributed by atoms with Gasteiger partial charge in [-0.3, -0.25) is 4.79 Å². The normalized spacial score (nSPS) is 15.0. The molecule has 1 fully saturated rings. The summed E-state index contributed by atoms with van der Waals surface area (Å²) >= 11 is 1.50. The summed E-state index contributed by atoms with van der Waals surface area (Å²) < 4.78 is 38.5. The van der Waals surface area contributed by atoms with Crippen molar-refractivity contribution in [3.05, 3.63) is 53.6 Å². The largest absolute Gasteiger partial charge is 0.489 e. The van der Waals surface area contributed by atoms with Gasteiger partial charge in [0, 0.05) is 18.8 Å². The van der Waals surface area contributed by atoms with Crippen molar-refractivity contribution in [2.24, 2.45) is 0 Å². The van der Waals surface area contributed by atoms with Gasteiger partial charge in [-0.2, -0.15) is 4.31 Å². The highest BCUT2D eigenvalue weighted by atomic mass is 32.2. The van der Waals surface area contributed by atoms with Crippen LogP contribution in [0.5, 0.6) is 5.75 Å². The third kappa shape index (κ3) is 6.71. The molecule has 2 aromatic rings. The summed E-state index contributed by atoms with van der Waals surface area (Å²) in [7, 11) is -3.68. The van der Waals surface area contributed by atoms with Crippen LogP contribution in [0.1, 0.15) is 25.0 Å². The quantitative estimate of drug-likeness (QED) is 0.592. The van der Waals surface area contributed by atoms with Crippen molar-refractivity contribution in [3.8, 4) is 5.75 Å². The first-order valence-corrected chi connectivity index (χ1v) is 13.2. The number of benzene rings is 2. The maximum atomic E-state index is 13.0. The third-order valence-electron chi connectivity index (χ3n) is 4.78. The fourth-order valence-electron chi connectivity index (χ4n) is 3.31. The van der Waals surface area contributed by atoms with E-state index in [0.717, 1.165) is 11.3 Å². The number of morpholine rings is 1. The summed E-state index contributed by atoms with van der Waals surface area (Å²) in [5.74, 6) is 1.20. The molecule has 1 amide bonds. The average Bonchev–Trinajstić information content (AvgIpc) is 2.75. The molecule has 7 nitrogen and oxygen atoms in total. The monoisotopic (exact) mass is 478 g/mol. The topological polar surface area (TPSA) is 84.9 Å². The van der Waals surface area contributed by atoms with Crippen molar-refractivity contribution >= 4 is 33.4 Å². The molecule has 1 N–H and O–H groups in total. The van der Waals surface area contributed by atoms with Crippen LogP contribution < -0.4 is 10.1 Å². The molecule has 174 valence electrons. The van der Waals surface area contributed by atoms with Gasteiger partial charge in [0.15, 0.2) is 0 Å². The van der Waals surface area contributed by atoms with Gasteiger partial charge in [-0.25, -0.2) is 8.42 Å². The van der Waals surface area contributed by atoms with Crippen molar-refractivity contribution in [3.63, 3.8) is 0 Å². The molecule has 0 saturated carbocycles. The van der Waals surface area contributed by atoms with Gasteiger partial charge in [-0.15, -0.1) is 11.8 Å². The Hall–Kier alpha value is -2.07. The number of hydrogen-bond donors (Lipinski definition) is 1. The summed E-state index contributed by atoms with van der Waals surface area (Å²) in [5, 5.41) is 2.84. The number of ether oxygens (including phenoxy) is 2. The Morgan fingerprint density at radius 3 is 2.62 bits per heavy atom. The molecule has 1 aliphatic rings. The van der Waals surface area contributed by atoms with Crippen LogP contribution in [0.4, 0.5) is 5.69 Å². The average molecular weight is 479 g/mol. The number of aryl methyl sites for hydroxylation is 1. The Kier molecular flexibility index (Phi) is 8.58. The number of hydrogen-bond acceptors (Lipinski definition) is 6. The van der Waals surface area contributed by atoms with Crippen LogP contribution in [0.3, 0.4) is 0 Å². The number of carbonyl (C=O) groups excluding carboxylic acids is 1. The molecule has 0 spiro atoms. The minimum atomic E-state index is -3.68. The number of carbonyl (C=O) groups is 1. The van der Waals surface area contributed by atoms with Crippen LogP contribution in [-0.2, 0) is 25.3 Å². The zero-order valence-electron chi connectivity index (χ0n) is 18.7. The first-order valence-electron chi connectivity index (χ1n) is 10.6. The summed E-state index contributed by atoms with van der Waals surface area (Å²) in [6, 6.07) is 12.8. The summed E-state index contributed by atoms with van der Waals surface area (Å²) in [5.41, 5.74) is 2.70. The van der Waals surface area contributed by atoms with Crippen LogP contribution in [0.25, 0.3) is 0 Å². The first kappa shape index (κ1) is 24.6. The number of amides is 1. The number of anilines is 1. The van der Waals surface area contributed by atoms with E-state index in [-0.39, 0.29) is 22.7 Å². The van der Waals surface area contributed by atoms with Crippen molar-refractivity contribution in [2.45, 2.75) is 37.5 Å². The Labute approximate surface area is 194 Å². The lowest BCUT2D eigenvalue weighted by Crippen LogP contribution is -2.40. The molecule has 9 heteroatoms. The number of nitrogens with one attached hydrogen (secondary N) is 1. The van der Waals surface area contributed by atoms with Crippen LogP contribution in [0.2, 0.25) is 0 Å². The Morgan fingerprint density at radius 2 is 1.94 bits per heavy atom. The molecule has 1 saturated heterocycles. The number of rotatable bonds is 9. The van der Waals surface area contributed by atoms with E-state index in [1.165, 1.54) is 33.8 Å². The van der Waals surface area contributed by atoms with Gasteiger partial charge in [0.05, 0.1) is 35.7 Å². The van der Waals surface area contributed by atoms with E-state index >= 15 is 0 Å². The Morgan fingerprint density at radius 1 is 1.19 bits per heavy atom. The van der Waals surface area contributed by atoms with Crippen LogP contribution in [0, 0.1) is 6.92 Å². The molecule has 0 atom stereocenters. The molecule has 2 aromatic carbocycles. The molecular formula is C23H30N2O5S2. The van der Waals surface area contributed by atoms with Crippen LogP contribution in [-0.4, -0.2) is 56.8 Å².